The smallest absolute Gasteiger partial charge is 0.253 e. The van der Waals surface area contributed by atoms with Crippen molar-refractivity contribution < 1.29 is 14.3 Å². The molecule has 1 unspecified atom stereocenters. The molecule has 1 N–H and O–H groups in total. The van der Waals surface area contributed by atoms with E-state index in [0.717, 1.165) is 31.8 Å². The summed E-state index contributed by atoms with van der Waals surface area (Å²) in [6.07, 6.45) is 0.857. The Morgan fingerprint density at radius 1 is 1.33 bits per heavy atom. The Morgan fingerprint density at radius 2 is 2.10 bits per heavy atom. The van der Waals surface area contributed by atoms with E-state index < -0.39 is 0 Å². The third-order valence-electron chi connectivity index (χ3n) is 3.52. The van der Waals surface area contributed by atoms with E-state index in [9.17, 15) is 4.79 Å². The molecule has 1 aromatic rings. The molecule has 0 bridgehead atoms. The van der Waals surface area contributed by atoms with Crippen LogP contribution in [0.4, 0.5) is 0 Å². The predicted octanol–water partition coefficient (Wildman–Crippen LogP) is 1.54. The highest BCUT2D eigenvalue weighted by Crippen LogP contribution is 2.15. The molecule has 0 saturated carbocycles. The molecule has 1 aliphatic heterocycles. The molecule has 1 saturated heterocycles. The molecule has 1 heterocycles. The van der Waals surface area contributed by atoms with Gasteiger partial charge in [-0.1, -0.05) is 0 Å². The number of methoxy groups -OCH3 is 1. The van der Waals surface area contributed by atoms with Gasteiger partial charge in [0.1, 0.15) is 5.75 Å². The minimum absolute atomic E-state index is 0.0919. The van der Waals surface area contributed by atoms with Gasteiger partial charge in [0.05, 0.1) is 6.61 Å². The van der Waals surface area contributed by atoms with E-state index in [-0.39, 0.29) is 5.91 Å². The molecule has 1 atom stereocenters. The van der Waals surface area contributed by atoms with Crippen LogP contribution in [-0.2, 0) is 4.74 Å². The van der Waals surface area contributed by atoms with Gasteiger partial charge in [0.2, 0.25) is 0 Å². The Labute approximate surface area is 126 Å². The Balaban J connectivity index is 1.87. The summed E-state index contributed by atoms with van der Waals surface area (Å²) in [4.78, 5) is 14.3. The molecule has 0 aliphatic carbocycles. The molecular weight excluding hydrogens is 268 g/mol. The average molecular weight is 292 g/mol. The minimum atomic E-state index is 0.0919. The summed E-state index contributed by atoms with van der Waals surface area (Å²) in [6.45, 7) is 5.78. The largest absolute Gasteiger partial charge is 0.494 e. The lowest BCUT2D eigenvalue weighted by molar-refractivity contribution is 0.0709. The molecular formula is C16H24N2O3. The van der Waals surface area contributed by atoms with Crippen LogP contribution in [0.2, 0.25) is 0 Å². The van der Waals surface area contributed by atoms with Gasteiger partial charge in [-0.2, -0.15) is 0 Å². The van der Waals surface area contributed by atoms with Crippen LogP contribution in [0.1, 0.15) is 23.7 Å². The second kappa shape index (κ2) is 8.00. The molecule has 1 fully saturated rings. The van der Waals surface area contributed by atoms with Gasteiger partial charge >= 0.3 is 0 Å². The van der Waals surface area contributed by atoms with Crippen molar-refractivity contribution in [3.05, 3.63) is 29.8 Å². The van der Waals surface area contributed by atoms with Crippen LogP contribution in [0.3, 0.4) is 0 Å². The number of ether oxygens (including phenoxy) is 2. The number of nitrogens with zero attached hydrogens (tertiary/aromatic N) is 1. The van der Waals surface area contributed by atoms with Gasteiger partial charge in [-0.3, -0.25) is 4.79 Å². The first-order chi connectivity index (χ1) is 10.2. The van der Waals surface area contributed by atoms with E-state index in [1.54, 1.807) is 7.11 Å². The van der Waals surface area contributed by atoms with E-state index >= 15 is 0 Å². The van der Waals surface area contributed by atoms with Crippen molar-refractivity contribution in [3.63, 3.8) is 0 Å². The van der Waals surface area contributed by atoms with Gasteiger partial charge in [-0.15, -0.1) is 0 Å². The van der Waals surface area contributed by atoms with E-state index in [1.807, 2.05) is 29.2 Å². The number of hydrogen-bond donors (Lipinski definition) is 1. The van der Waals surface area contributed by atoms with Crippen LogP contribution in [-0.4, -0.2) is 56.8 Å². The molecule has 116 valence electrons. The van der Waals surface area contributed by atoms with Gasteiger partial charge in [-0.25, -0.2) is 0 Å². The topological polar surface area (TPSA) is 50.8 Å². The van der Waals surface area contributed by atoms with E-state index in [4.69, 9.17) is 9.47 Å². The lowest BCUT2D eigenvalue weighted by Crippen LogP contribution is -2.51. The molecule has 2 rings (SSSR count). The fraction of sp³-hybridized carbons (Fsp3) is 0.562. The Kier molecular flexibility index (Phi) is 6.02. The minimum Gasteiger partial charge on any atom is -0.494 e. The number of carbonyl (C=O) groups is 1. The summed E-state index contributed by atoms with van der Waals surface area (Å²) in [5.41, 5.74) is 0.716. The summed E-state index contributed by atoms with van der Waals surface area (Å²) >= 11 is 0. The Bertz CT molecular complexity index is 447. The second-order valence-corrected chi connectivity index (χ2v) is 5.33. The monoisotopic (exact) mass is 292 g/mol. The van der Waals surface area contributed by atoms with Gasteiger partial charge in [-0.05, 0) is 31.2 Å². The summed E-state index contributed by atoms with van der Waals surface area (Å²) in [6, 6.07) is 7.73. The zero-order valence-electron chi connectivity index (χ0n) is 12.8. The molecule has 21 heavy (non-hydrogen) atoms. The van der Waals surface area contributed by atoms with Crippen molar-refractivity contribution in [3.8, 4) is 5.75 Å². The Morgan fingerprint density at radius 3 is 2.76 bits per heavy atom. The quantitative estimate of drug-likeness (QED) is 0.808. The summed E-state index contributed by atoms with van der Waals surface area (Å²) in [5, 5.41) is 3.34. The second-order valence-electron chi connectivity index (χ2n) is 5.33. The fourth-order valence-electron chi connectivity index (χ4n) is 2.39. The third-order valence-corrected chi connectivity index (χ3v) is 3.52. The maximum Gasteiger partial charge on any atom is 0.253 e. The third kappa shape index (κ3) is 4.72. The highest BCUT2D eigenvalue weighted by atomic mass is 16.5. The van der Waals surface area contributed by atoms with Gasteiger partial charge in [0.25, 0.3) is 5.91 Å². The SMILES string of the molecule is COCCCOc1ccc(C(=O)N2CCNC(C)C2)cc1. The first-order valence-corrected chi connectivity index (χ1v) is 7.45. The first kappa shape index (κ1) is 15.8. The molecule has 1 amide bonds. The lowest BCUT2D eigenvalue weighted by atomic mass is 10.1. The molecule has 1 aromatic carbocycles. The van der Waals surface area contributed by atoms with E-state index in [1.165, 1.54) is 0 Å². The summed E-state index contributed by atoms with van der Waals surface area (Å²) < 4.78 is 10.6. The van der Waals surface area contributed by atoms with Crippen molar-refractivity contribution in [2.75, 3.05) is 40.0 Å². The van der Waals surface area contributed by atoms with Crippen LogP contribution < -0.4 is 10.1 Å². The Hall–Kier alpha value is -1.59. The van der Waals surface area contributed by atoms with E-state index in [2.05, 4.69) is 12.2 Å². The van der Waals surface area contributed by atoms with Gasteiger partial charge in [0.15, 0.2) is 0 Å². The number of nitrogens with one attached hydrogen (secondary N) is 1. The number of benzene rings is 1. The van der Waals surface area contributed by atoms with Crippen molar-refractivity contribution in [2.45, 2.75) is 19.4 Å². The summed E-state index contributed by atoms with van der Waals surface area (Å²) in [5.74, 6) is 0.880. The predicted molar refractivity (Wildman–Crippen MR) is 81.8 cm³/mol. The zero-order chi connectivity index (χ0) is 15.1. The first-order valence-electron chi connectivity index (χ1n) is 7.45. The number of carbonyl (C=O) groups excluding carboxylic acids is 1. The normalized spacial score (nSPS) is 18.6. The molecule has 5 nitrogen and oxygen atoms in total. The number of hydrogen-bond acceptors (Lipinski definition) is 4. The standard InChI is InChI=1S/C16H24N2O3/c1-13-12-18(9-8-17-13)16(19)14-4-6-15(7-5-14)21-11-3-10-20-2/h4-7,13,17H,3,8-12H2,1-2H3. The maximum absolute atomic E-state index is 12.4. The zero-order valence-corrected chi connectivity index (χ0v) is 12.8. The molecule has 0 spiro atoms. The van der Waals surface area contributed by atoms with Crippen LogP contribution in [0.25, 0.3) is 0 Å². The summed E-state index contributed by atoms with van der Waals surface area (Å²) in [7, 11) is 1.68. The van der Waals surface area contributed by atoms with Crippen molar-refractivity contribution in [1.82, 2.24) is 10.2 Å². The van der Waals surface area contributed by atoms with Crippen LogP contribution in [0.15, 0.2) is 24.3 Å². The molecule has 0 radical (unpaired) electrons. The molecule has 5 heteroatoms. The average Bonchev–Trinajstić information content (AvgIpc) is 2.51. The van der Waals surface area contributed by atoms with Crippen LogP contribution in [0.5, 0.6) is 5.75 Å². The van der Waals surface area contributed by atoms with E-state index in [0.29, 0.717) is 24.8 Å². The number of rotatable bonds is 6. The highest BCUT2D eigenvalue weighted by Gasteiger charge is 2.21. The van der Waals surface area contributed by atoms with Crippen molar-refractivity contribution in [1.29, 1.82) is 0 Å². The van der Waals surface area contributed by atoms with Gasteiger partial charge < -0.3 is 19.7 Å². The maximum atomic E-state index is 12.4. The van der Waals surface area contributed by atoms with Crippen molar-refractivity contribution in [2.24, 2.45) is 0 Å². The van der Waals surface area contributed by atoms with Gasteiger partial charge in [0, 0.05) is 51.4 Å². The molecule has 0 aromatic heterocycles. The molecule has 1 aliphatic rings. The highest BCUT2D eigenvalue weighted by molar-refractivity contribution is 5.94. The van der Waals surface area contributed by atoms with Crippen LogP contribution >= 0.6 is 0 Å². The number of piperazine rings is 1. The van der Waals surface area contributed by atoms with Crippen molar-refractivity contribution >= 4 is 5.91 Å². The number of amides is 1. The van der Waals surface area contributed by atoms with Crippen LogP contribution in [0, 0.1) is 0 Å². The fourth-order valence-corrected chi connectivity index (χ4v) is 2.39. The lowest BCUT2D eigenvalue weighted by Gasteiger charge is -2.32.